The van der Waals surface area contributed by atoms with Crippen LogP contribution in [0.4, 0.5) is 0 Å². The van der Waals surface area contributed by atoms with Gasteiger partial charge in [-0.15, -0.1) is 0 Å². The quantitative estimate of drug-likeness (QED) is 0.804. The second-order valence-electron chi connectivity index (χ2n) is 5.59. The molecule has 1 saturated carbocycles. The summed E-state index contributed by atoms with van der Waals surface area (Å²) in [6.07, 6.45) is 7.61. The van der Waals surface area contributed by atoms with E-state index in [0.29, 0.717) is 13.1 Å². The molecule has 0 aromatic carbocycles. The molecule has 0 radical (unpaired) electrons. The molecular formula is C14H22N2O2. The number of carbonyl (C=O) groups is 1. The molecule has 1 N–H and O–H groups in total. The van der Waals surface area contributed by atoms with Crippen molar-refractivity contribution in [2.45, 2.75) is 31.3 Å². The predicted molar refractivity (Wildman–Crippen MR) is 70.7 cm³/mol. The van der Waals surface area contributed by atoms with Crippen LogP contribution in [0, 0.1) is 0 Å². The number of aromatic nitrogens is 1. The van der Waals surface area contributed by atoms with Gasteiger partial charge in [0.2, 0.25) is 0 Å². The lowest BCUT2D eigenvalue weighted by atomic mass is 10.0. The zero-order chi connectivity index (χ0) is 13.2. The molecule has 4 heteroatoms. The summed E-state index contributed by atoms with van der Waals surface area (Å²) in [6.45, 7) is 0.956. The fourth-order valence-corrected chi connectivity index (χ4v) is 2.75. The molecule has 18 heavy (non-hydrogen) atoms. The van der Waals surface area contributed by atoms with E-state index >= 15 is 0 Å². The molecule has 0 aliphatic heterocycles. The second kappa shape index (κ2) is 5.24. The molecule has 4 nitrogen and oxygen atoms in total. The number of likely N-dealkylation sites (N-methyl/N-ethyl adjacent to an activating group) is 1. The number of nitrogens with zero attached hydrogens (tertiary/aromatic N) is 2. The van der Waals surface area contributed by atoms with Crippen LogP contribution < -0.4 is 0 Å². The minimum absolute atomic E-state index is 0.111. The standard InChI is InChI=1S/C14H22N2O2/c1-15-8-5-12(9-15)13(17)10-16(2)11-14(18)6-3-4-7-14/h5,8-9,18H,3-4,6-7,10-11H2,1-2H3. The van der Waals surface area contributed by atoms with Gasteiger partial charge in [0, 0.05) is 31.5 Å². The lowest BCUT2D eigenvalue weighted by molar-refractivity contribution is 0.0172. The monoisotopic (exact) mass is 250 g/mol. The van der Waals surface area contributed by atoms with Gasteiger partial charge in [-0.05, 0) is 26.0 Å². The van der Waals surface area contributed by atoms with Gasteiger partial charge in [0.05, 0.1) is 12.1 Å². The zero-order valence-corrected chi connectivity index (χ0v) is 11.2. The van der Waals surface area contributed by atoms with Crippen molar-refractivity contribution in [3.05, 3.63) is 24.0 Å². The van der Waals surface area contributed by atoms with Crippen LogP contribution in [-0.2, 0) is 7.05 Å². The third kappa shape index (κ3) is 3.21. The van der Waals surface area contributed by atoms with Gasteiger partial charge in [-0.25, -0.2) is 0 Å². The van der Waals surface area contributed by atoms with E-state index in [1.807, 2.05) is 42.0 Å². The Morgan fingerprint density at radius 1 is 1.50 bits per heavy atom. The van der Waals surface area contributed by atoms with Crippen LogP contribution in [0.2, 0.25) is 0 Å². The van der Waals surface area contributed by atoms with Crippen molar-refractivity contribution in [2.24, 2.45) is 7.05 Å². The fourth-order valence-electron chi connectivity index (χ4n) is 2.75. The van der Waals surface area contributed by atoms with Crippen molar-refractivity contribution in [1.82, 2.24) is 9.47 Å². The molecule has 1 aliphatic carbocycles. The number of aryl methyl sites for hydroxylation is 1. The fraction of sp³-hybridized carbons (Fsp3) is 0.643. The summed E-state index contributed by atoms with van der Waals surface area (Å²) >= 11 is 0. The van der Waals surface area contributed by atoms with Crippen molar-refractivity contribution in [3.8, 4) is 0 Å². The first-order valence-corrected chi connectivity index (χ1v) is 6.55. The lowest BCUT2D eigenvalue weighted by Crippen LogP contribution is -2.41. The zero-order valence-electron chi connectivity index (χ0n) is 11.2. The van der Waals surface area contributed by atoms with Crippen molar-refractivity contribution >= 4 is 5.78 Å². The SMILES string of the molecule is CN(CC(=O)c1ccn(C)c1)CC1(O)CCCC1. The Hall–Kier alpha value is -1.13. The highest BCUT2D eigenvalue weighted by Crippen LogP contribution is 2.29. The van der Waals surface area contributed by atoms with Gasteiger partial charge >= 0.3 is 0 Å². The highest BCUT2D eigenvalue weighted by atomic mass is 16.3. The molecule has 0 spiro atoms. The van der Waals surface area contributed by atoms with Crippen LogP contribution in [0.1, 0.15) is 36.0 Å². The number of carbonyl (C=O) groups excluding carboxylic acids is 1. The Morgan fingerprint density at radius 3 is 2.72 bits per heavy atom. The van der Waals surface area contributed by atoms with Crippen molar-refractivity contribution < 1.29 is 9.90 Å². The topological polar surface area (TPSA) is 45.5 Å². The van der Waals surface area contributed by atoms with Gasteiger partial charge in [-0.1, -0.05) is 12.8 Å². The molecule has 2 rings (SSSR count). The average Bonchev–Trinajstić information content (AvgIpc) is 2.87. The van der Waals surface area contributed by atoms with Gasteiger partial charge in [0.15, 0.2) is 5.78 Å². The molecule has 100 valence electrons. The van der Waals surface area contributed by atoms with Crippen LogP contribution in [-0.4, -0.2) is 46.1 Å². The molecule has 0 saturated heterocycles. The van der Waals surface area contributed by atoms with E-state index < -0.39 is 5.60 Å². The van der Waals surface area contributed by atoms with E-state index in [0.717, 1.165) is 31.2 Å². The number of Topliss-reactive ketones (excluding diaryl/α,β-unsaturated/α-hetero) is 1. The summed E-state index contributed by atoms with van der Waals surface area (Å²) in [4.78, 5) is 13.9. The minimum atomic E-state index is -0.578. The highest BCUT2D eigenvalue weighted by molar-refractivity contribution is 5.97. The van der Waals surface area contributed by atoms with E-state index in [4.69, 9.17) is 0 Å². The number of rotatable bonds is 5. The first kappa shape index (κ1) is 13.3. The summed E-state index contributed by atoms with van der Waals surface area (Å²) in [6, 6.07) is 1.83. The van der Waals surface area contributed by atoms with Crippen molar-refractivity contribution in [1.29, 1.82) is 0 Å². The molecule has 1 aromatic heterocycles. The van der Waals surface area contributed by atoms with Crippen LogP contribution >= 0.6 is 0 Å². The maximum absolute atomic E-state index is 12.0. The van der Waals surface area contributed by atoms with E-state index in [1.54, 1.807) is 0 Å². The Balaban J connectivity index is 1.87. The molecule has 1 aromatic rings. The normalized spacial score (nSPS) is 18.4. The van der Waals surface area contributed by atoms with Crippen LogP contribution in [0.25, 0.3) is 0 Å². The molecule has 0 bridgehead atoms. The van der Waals surface area contributed by atoms with E-state index in [1.165, 1.54) is 0 Å². The summed E-state index contributed by atoms with van der Waals surface area (Å²) in [5.41, 5.74) is 0.161. The number of hydrogen-bond acceptors (Lipinski definition) is 3. The number of hydrogen-bond donors (Lipinski definition) is 1. The summed E-state index contributed by atoms with van der Waals surface area (Å²) in [5.74, 6) is 0.111. The van der Waals surface area contributed by atoms with Gasteiger partial charge in [0.25, 0.3) is 0 Å². The lowest BCUT2D eigenvalue weighted by Gasteiger charge is -2.28. The summed E-state index contributed by atoms with van der Waals surface area (Å²) < 4.78 is 1.87. The van der Waals surface area contributed by atoms with Gasteiger partial charge in [-0.3, -0.25) is 9.69 Å². The summed E-state index contributed by atoms with van der Waals surface area (Å²) in [5, 5.41) is 10.3. The molecular weight excluding hydrogens is 228 g/mol. The number of ketones is 1. The van der Waals surface area contributed by atoms with E-state index in [2.05, 4.69) is 0 Å². The number of aliphatic hydroxyl groups is 1. The highest BCUT2D eigenvalue weighted by Gasteiger charge is 2.32. The smallest absolute Gasteiger partial charge is 0.178 e. The maximum Gasteiger partial charge on any atom is 0.178 e. The Kier molecular flexibility index (Phi) is 3.88. The van der Waals surface area contributed by atoms with Gasteiger partial charge in [-0.2, -0.15) is 0 Å². The molecule has 0 amide bonds. The first-order chi connectivity index (χ1) is 8.48. The predicted octanol–water partition coefficient (Wildman–Crippen LogP) is 1.44. The minimum Gasteiger partial charge on any atom is -0.389 e. The maximum atomic E-state index is 12.0. The molecule has 0 unspecified atom stereocenters. The summed E-state index contributed by atoms with van der Waals surface area (Å²) in [7, 11) is 3.80. The average molecular weight is 250 g/mol. The van der Waals surface area contributed by atoms with Crippen LogP contribution in [0.3, 0.4) is 0 Å². The molecule has 1 heterocycles. The van der Waals surface area contributed by atoms with Gasteiger partial charge < -0.3 is 9.67 Å². The Bertz CT molecular complexity index is 419. The van der Waals surface area contributed by atoms with Crippen molar-refractivity contribution in [2.75, 3.05) is 20.1 Å². The van der Waals surface area contributed by atoms with Gasteiger partial charge in [0.1, 0.15) is 0 Å². The largest absolute Gasteiger partial charge is 0.389 e. The van der Waals surface area contributed by atoms with Crippen LogP contribution in [0.15, 0.2) is 18.5 Å². The molecule has 0 atom stereocenters. The molecule has 1 aliphatic rings. The Morgan fingerprint density at radius 2 is 2.17 bits per heavy atom. The second-order valence-corrected chi connectivity index (χ2v) is 5.59. The molecule has 1 fully saturated rings. The van der Waals surface area contributed by atoms with Crippen molar-refractivity contribution in [3.63, 3.8) is 0 Å². The van der Waals surface area contributed by atoms with E-state index in [-0.39, 0.29) is 5.78 Å². The first-order valence-electron chi connectivity index (χ1n) is 6.55. The Labute approximate surface area is 108 Å². The third-order valence-corrected chi connectivity index (χ3v) is 3.67. The third-order valence-electron chi connectivity index (χ3n) is 3.67. The van der Waals surface area contributed by atoms with E-state index in [9.17, 15) is 9.90 Å². The van der Waals surface area contributed by atoms with Crippen LogP contribution in [0.5, 0.6) is 0 Å².